The summed E-state index contributed by atoms with van der Waals surface area (Å²) in [6, 6.07) is 0. The molecule has 6 nitrogen and oxygen atoms in total. The Bertz CT molecular complexity index is 1100. The molecule has 6 heteroatoms. The van der Waals surface area contributed by atoms with Gasteiger partial charge in [-0.15, -0.1) is 0 Å². The van der Waals surface area contributed by atoms with E-state index >= 15 is 0 Å². The highest BCUT2D eigenvalue weighted by Gasteiger charge is 2.67. The number of nitrogens with zero attached hydrogens (tertiary/aromatic N) is 1. The third-order valence-electron chi connectivity index (χ3n) is 11.8. The zero-order chi connectivity index (χ0) is 29.0. The topological polar surface area (TPSA) is 72.9 Å². The number of carbonyl (C=O) groups excluding carboxylic acids is 3. The average Bonchev–Trinajstić information content (AvgIpc) is 3.16. The summed E-state index contributed by atoms with van der Waals surface area (Å²) in [5.74, 6) is 2.04. The Hall–Kier alpha value is -1.95. The van der Waals surface area contributed by atoms with Crippen molar-refractivity contribution < 1.29 is 23.9 Å². The third-order valence-corrected chi connectivity index (χ3v) is 11.8. The van der Waals surface area contributed by atoms with E-state index in [1.165, 1.54) is 24.5 Å². The van der Waals surface area contributed by atoms with Gasteiger partial charge in [0.1, 0.15) is 6.10 Å². The molecule has 5 aliphatic rings. The first kappa shape index (κ1) is 29.5. The van der Waals surface area contributed by atoms with Crippen LogP contribution in [0.25, 0.3) is 0 Å². The molecule has 1 aliphatic heterocycles. The number of esters is 2. The number of allylic oxidation sites excluding steroid dienone is 3. The van der Waals surface area contributed by atoms with Crippen LogP contribution in [-0.4, -0.2) is 54.0 Å². The van der Waals surface area contributed by atoms with Crippen molar-refractivity contribution in [3.05, 3.63) is 23.3 Å². The third kappa shape index (κ3) is 4.90. The highest BCUT2D eigenvalue weighted by atomic mass is 16.6. The summed E-state index contributed by atoms with van der Waals surface area (Å²) < 4.78 is 12.0. The molecule has 3 fully saturated rings. The highest BCUT2D eigenvalue weighted by molar-refractivity contribution is 5.89. The quantitative estimate of drug-likeness (QED) is 0.360. The SMILES string of the molecule is CC(=O)OC1(C(C)=O)CCC2C3C=C(C)C4=CC(OC(=O)CCN5CC(C)CC(C)C5)CCC4(C)C3CCC21C. The summed E-state index contributed by atoms with van der Waals surface area (Å²) in [7, 11) is 0. The lowest BCUT2D eigenvalue weighted by molar-refractivity contribution is -0.185. The van der Waals surface area contributed by atoms with E-state index in [4.69, 9.17) is 9.47 Å². The van der Waals surface area contributed by atoms with Gasteiger partial charge in [0.05, 0.1) is 6.42 Å². The van der Waals surface area contributed by atoms with Crippen LogP contribution in [0.5, 0.6) is 0 Å². The van der Waals surface area contributed by atoms with Gasteiger partial charge in [0.15, 0.2) is 11.4 Å². The summed E-state index contributed by atoms with van der Waals surface area (Å²) in [5, 5.41) is 0. The molecule has 4 aliphatic carbocycles. The number of Topliss-reactive ketones (excluding diaryl/α,β-unsaturated/α-hetero) is 1. The molecule has 0 radical (unpaired) electrons. The minimum Gasteiger partial charge on any atom is -0.458 e. The fourth-order valence-corrected chi connectivity index (χ4v) is 10.2. The van der Waals surface area contributed by atoms with Gasteiger partial charge in [0.2, 0.25) is 0 Å². The first-order valence-corrected chi connectivity index (χ1v) is 15.8. The van der Waals surface area contributed by atoms with Crippen molar-refractivity contribution in [3.8, 4) is 0 Å². The maximum Gasteiger partial charge on any atom is 0.307 e. The number of fused-ring (bicyclic) bond motifs is 5. The minimum atomic E-state index is -1.01. The second-order valence-corrected chi connectivity index (χ2v) is 14.6. The van der Waals surface area contributed by atoms with Crippen molar-refractivity contribution in [3.63, 3.8) is 0 Å². The fourth-order valence-electron chi connectivity index (χ4n) is 10.2. The monoisotopic (exact) mass is 553 g/mol. The van der Waals surface area contributed by atoms with Crippen LogP contribution in [0.3, 0.4) is 0 Å². The van der Waals surface area contributed by atoms with Crippen LogP contribution in [0.2, 0.25) is 0 Å². The van der Waals surface area contributed by atoms with Crippen LogP contribution in [0, 0.1) is 40.4 Å². The lowest BCUT2D eigenvalue weighted by atomic mass is 9.47. The molecule has 9 atom stereocenters. The number of ether oxygens (including phenoxy) is 2. The van der Waals surface area contributed by atoms with Crippen LogP contribution in [0.1, 0.15) is 99.8 Å². The van der Waals surface area contributed by atoms with E-state index in [0.29, 0.717) is 42.4 Å². The van der Waals surface area contributed by atoms with Crippen LogP contribution < -0.4 is 0 Å². The predicted octanol–water partition coefficient (Wildman–Crippen LogP) is 6.29. The Balaban J connectivity index is 1.31. The molecular formula is C34H51NO5. The number of rotatable bonds is 6. The van der Waals surface area contributed by atoms with Gasteiger partial charge in [-0.25, -0.2) is 0 Å². The first-order chi connectivity index (χ1) is 18.8. The second kappa shape index (κ2) is 10.7. The second-order valence-electron chi connectivity index (χ2n) is 14.6. The number of hydrogen-bond donors (Lipinski definition) is 0. The Morgan fingerprint density at radius 2 is 1.62 bits per heavy atom. The van der Waals surface area contributed by atoms with E-state index in [2.05, 4.69) is 51.7 Å². The molecule has 0 amide bonds. The molecule has 9 unspecified atom stereocenters. The molecule has 0 aromatic heterocycles. The lowest BCUT2D eigenvalue weighted by Crippen LogP contribution is -2.58. The van der Waals surface area contributed by atoms with Crippen molar-refractivity contribution in [2.45, 2.75) is 112 Å². The number of carbonyl (C=O) groups is 3. The van der Waals surface area contributed by atoms with Gasteiger partial charge in [-0.3, -0.25) is 14.4 Å². The van der Waals surface area contributed by atoms with E-state index in [1.807, 2.05) is 0 Å². The predicted molar refractivity (Wildman–Crippen MR) is 155 cm³/mol. The van der Waals surface area contributed by atoms with Gasteiger partial charge in [0, 0.05) is 32.0 Å². The smallest absolute Gasteiger partial charge is 0.307 e. The van der Waals surface area contributed by atoms with E-state index in [0.717, 1.165) is 51.7 Å². The highest BCUT2D eigenvalue weighted by Crippen LogP contribution is 2.68. The molecule has 0 aromatic rings. The van der Waals surface area contributed by atoms with Gasteiger partial charge in [-0.2, -0.15) is 0 Å². The standard InChI is InChI=1S/C34H51NO5/c1-21-16-22(2)20-35(19-21)15-11-31(38)39-26-8-12-32(6)28-9-13-33(7)29(27(28)17-23(3)30(32)18-26)10-14-34(33,24(4)36)40-25(5)37/h17-18,21-22,26-29H,8-16,19-20H2,1-7H3. The molecule has 222 valence electrons. The number of hydrogen-bond acceptors (Lipinski definition) is 6. The number of ketones is 1. The number of piperidine rings is 1. The van der Waals surface area contributed by atoms with Gasteiger partial charge >= 0.3 is 11.9 Å². The van der Waals surface area contributed by atoms with Crippen molar-refractivity contribution >= 4 is 17.7 Å². The molecule has 0 spiro atoms. The van der Waals surface area contributed by atoms with E-state index in [9.17, 15) is 14.4 Å². The molecule has 0 N–H and O–H groups in total. The van der Waals surface area contributed by atoms with Gasteiger partial charge in [-0.05, 0) is 105 Å². The first-order valence-electron chi connectivity index (χ1n) is 15.8. The van der Waals surface area contributed by atoms with Gasteiger partial charge in [-0.1, -0.05) is 39.3 Å². The van der Waals surface area contributed by atoms with Crippen LogP contribution in [0.4, 0.5) is 0 Å². The van der Waals surface area contributed by atoms with Crippen LogP contribution in [0.15, 0.2) is 23.3 Å². The van der Waals surface area contributed by atoms with Crippen LogP contribution in [-0.2, 0) is 23.9 Å². The maximum absolute atomic E-state index is 13.0. The summed E-state index contributed by atoms with van der Waals surface area (Å²) in [6.45, 7) is 17.4. The van der Waals surface area contributed by atoms with E-state index in [-0.39, 0.29) is 34.7 Å². The summed E-state index contributed by atoms with van der Waals surface area (Å²) in [5.41, 5.74) is 1.28. The average molecular weight is 554 g/mol. The molecule has 2 saturated carbocycles. The Morgan fingerprint density at radius 1 is 0.950 bits per heavy atom. The van der Waals surface area contributed by atoms with Crippen molar-refractivity contribution in [1.82, 2.24) is 4.90 Å². The Kier molecular flexibility index (Phi) is 7.91. The maximum atomic E-state index is 13.0. The molecule has 0 bridgehead atoms. The molecule has 0 aromatic carbocycles. The molecule has 5 rings (SSSR count). The fraction of sp³-hybridized carbons (Fsp3) is 0.794. The zero-order valence-electron chi connectivity index (χ0n) is 25.9. The van der Waals surface area contributed by atoms with Crippen molar-refractivity contribution in [1.29, 1.82) is 0 Å². The number of likely N-dealkylation sites (tertiary alicyclic amines) is 1. The normalized spacial score (nSPS) is 43.0. The van der Waals surface area contributed by atoms with E-state index < -0.39 is 5.60 Å². The molecule has 1 saturated heterocycles. The minimum absolute atomic E-state index is 0.0129. The lowest BCUT2D eigenvalue weighted by Gasteiger charge is -2.58. The summed E-state index contributed by atoms with van der Waals surface area (Å²) in [6.07, 6.45) is 11.5. The zero-order valence-corrected chi connectivity index (χ0v) is 25.9. The summed E-state index contributed by atoms with van der Waals surface area (Å²) >= 11 is 0. The van der Waals surface area contributed by atoms with E-state index in [1.54, 1.807) is 6.92 Å². The molecular weight excluding hydrogens is 502 g/mol. The Morgan fingerprint density at radius 3 is 2.27 bits per heavy atom. The largest absolute Gasteiger partial charge is 0.458 e. The molecule has 1 heterocycles. The van der Waals surface area contributed by atoms with Crippen molar-refractivity contribution in [2.75, 3.05) is 19.6 Å². The van der Waals surface area contributed by atoms with Crippen molar-refractivity contribution in [2.24, 2.45) is 40.4 Å². The van der Waals surface area contributed by atoms with Gasteiger partial charge < -0.3 is 14.4 Å². The summed E-state index contributed by atoms with van der Waals surface area (Å²) in [4.78, 5) is 40.4. The van der Waals surface area contributed by atoms with Crippen LogP contribution >= 0.6 is 0 Å². The Labute approximate surface area is 241 Å². The van der Waals surface area contributed by atoms with Gasteiger partial charge in [0.25, 0.3) is 0 Å². The molecule has 40 heavy (non-hydrogen) atoms.